The molecule has 0 saturated carbocycles. The molecule has 0 aliphatic carbocycles. The van der Waals surface area contributed by atoms with Gasteiger partial charge in [-0.1, -0.05) is 33.1 Å². The van der Waals surface area contributed by atoms with Crippen LogP contribution < -0.4 is 10.5 Å². The smallest absolute Gasteiger partial charge is 0.316 e. The summed E-state index contributed by atoms with van der Waals surface area (Å²) in [7, 11) is 0. The molecule has 0 aromatic carbocycles. The van der Waals surface area contributed by atoms with Crippen LogP contribution in [0.15, 0.2) is 6.20 Å². The van der Waals surface area contributed by atoms with E-state index in [-0.39, 0.29) is 0 Å². The van der Waals surface area contributed by atoms with E-state index in [2.05, 4.69) is 23.8 Å². The molecule has 0 aliphatic heterocycles. The quantitative estimate of drug-likeness (QED) is 0.771. The van der Waals surface area contributed by atoms with Crippen LogP contribution in [0.2, 0.25) is 0 Å². The minimum absolute atomic E-state index is 0.472. The van der Waals surface area contributed by atoms with E-state index in [0.29, 0.717) is 25.1 Å². The van der Waals surface area contributed by atoms with Crippen molar-refractivity contribution in [1.29, 1.82) is 0 Å². The Balaban J connectivity index is 2.49. The molecule has 1 aromatic heterocycles. The maximum atomic E-state index is 5.67. The van der Waals surface area contributed by atoms with Crippen LogP contribution in [0.1, 0.15) is 50.8 Å². The first-order chi connectivity index (χ1) is 8.71. The van der Waals surface area contributed by atoms with Crippen molar-refractivity contribution in [3.8, 4) is 6.01 Å². The third-order valence-electron chi connectivity index (χ3n) is 3.27. The SMILES string of the molecule is CCCCC(CC)COc1ncc(CN)c(C)n1. The second-order valence-corrected chi connectivity index (χ2v) is 4.69. The van der Waals surface area contributed by atoms with Crippen molar-refractivity contribution < 1.29 is 4.74 Å². The van der Waals surface area contributed by atoms with Gasteiger partial charge < -0.3 is 10.5 Å². The molecular weight excluding hydrogens is 226 g/mol. The number of nitrogens with two attached hydrogens (primary N) is 1. The lowest BCUT2D eigenvalue weighted by molar-refractivity contribution is 0.217. The van der Waals surface area contributed by atoms with E-state index in [1.54, 1.807) is 6.20 Å². The van der Waals surface area contributed by atoms with E-state index in [9.17, 15) is 0 Å². The fraction of sp³-hybridized carbons (Fsp3) is 0.714. The topological polar surface area (TPSA) is 61.0 Å². The molecule has 102 valence electrons. The predicted molar refractivity (Wildman–Crippen MR) is 73.5 cm³/mol. The first kappa shape index (κ1) is 14.9. The van der Waals surface area contributed by atoms with Gasteiger partial charge in [0.25, 0.3) is 0 Å². The van der Waals surface area contributed by atoms with Gasteiger partial charge in [-0.25, -0.2) is 9.97 Å². The highest BCUT2D eigenvalue weighted by molar-refractivity contribution is 5.17. The van der Waals surface area contributed by atoms with Crippen molar-refractivity contribution in [2.45, 2.75) is 53.0 Å². The first-order valence-electron chi connectivity index (χ1n) is 6.86. The van der Waals surface area contributed by atoms with Crippen LogP contribution >= 0.6 is 0 Å². The minimum Gasteiger partial charge on any atom is -0.463 e. The highest BCUT2D eigenvalue weighted by Gasteiger charge is 2.09. The summed E-state index contributed by atoms with van der Waals surface area (Å²) in [6.45, 7) is 7.53. The monoisotopic (exact) mass is 251 g/mol. The summed E-state index contributed by atoms with van der Waals surface area (Å²) >= 11 is 0. The maximum absolute atomic E-state index is 5.67. The molecular formula is C14H25N3O. The number of unbranched alkanes of at least 4 members (excludes halogenated alkanes) is 1. The Hall–Kier alpha value is -1.16. The van der Waals surface area contributed by atoms with Crippen LogP contribution in [-0.4, -0.2) is 16.6 Å². The summed E-state index contributed by atoms with van der Waals surface area (Å²) in [6.07, 6.45) is 6.60. The molecule has 2 N–H and O–H groups in total. The molecule has 0 spiro atoms. The van der Waals surface area contributed by atoms with Crippen molar-refractivity contribution in [2.24, 2.45) is 11.7 Å². The summed E-state index contributed by atoms with van der Waals surface area (Å²) in [6, 6.07) is 0.472. The molecule has 1 aromatic rings. The summed E-state index contributed by atoms with van der Waals surface area (Å²) in [5.41, 5.74) is 7.46. The third kappa shape index (κ3) is 4.61. The highest BCUT2D eigenvalue weighted by atomic mass is 16.5. The molecule has 0 saturated heterocycles. The molecule has 4 nitrogen and oxygen atoms in total. The summed E-state index contributed by atoms with van der Waals surface area (Å²) in [4.78, 5) is 8.50. The Kier molecular flexibility index (Phi) is 6.65. The third-order valence-corrected chi connectivity index (χ3v) is 3.27. The van der Waals surface area contributed by atoms with Gasteiger partial charge >= 0.3 is 6.01 Å². The Morgan fingerprint density at radius 2 is 2.17 bits per heavy atom. The Bertz CT molecular complexity index is 355. The summed E-state index contributed by atoms with van der Waals surface area (Å²) < 4.78 is 5.67. The van der Waals surface area contributed by atoms with Crippen LogP contribution in [0.4, 0.5) is 0 Å². The van der Waals surface area contributed by atoms with Gasteiger partial charge in [-0.15, -0.1) is 0 Å². The zero-order valence-corrected chi connectivity index (χ0v) is 11.8. The lowest BCUT2D eigenvalue weighted by Crippen LogP contribution is -2.13. The number of ether oxygens (including phenoxy) is 1. The van der Waals surface area contributed by atoms with Gasteiger partial charge in [0, 0.05) is 24.0 Å². The van der Waals surface area contributed by atoms with Crippen LogP contribution in [0.5, 0.6) is 6.01 Å². The number of aryl methyl sites for hydroxylation is 1. The molecule has 1 unspecified atom stereocenters. The van der Waals surface area contributed by atoms with Gasteiger partial charge in [-0.2, -0.15) is 0 Å². The Morgan fingerprint density at radius 1 is 1.39 bits per heavy atom. The predicted octanol–water partition coefficient (Wildman–Crippen LogP) is 2.84. The molecule has 4 heteroatoms. The molecule has 0 fully saturated rings. The molecule has 0 bridgehead atoms. The van der Waals surface area contributed by atoms with Gasteiger partial charge in [0.15, 0.2) is 0 Å². The van der Waals surface area contributed by atoms with Gasteiger partial charge in [0.2, 0.25) is 0 Å². The van der Waals surface area contributed by atoms with Crippen molar-refractivity contribution in [2.75, 3.05) is 6.61 Å². The number of rotatable bonds is 8. The summed E-state index contributed by atoms with van der Waals surface area (Å²) in [5.74, 6) is 0.600. The molecule has 1 heterocycles. The van der Waals surface area contributed by atoms with Crippen LogP contribution in [0.25, 0.3) is 0 Å². The van der Waals surface area contributed by atoms with Crippen molar-refractivity contribution >= 4 is 0 Å². The van der Waals surface area contributed by atoms with Gasteiger partial charge in [0.05, 0.1) is 6.61 Å². The molecule has 1 atom stereocenters. The van der Waals surface area contributed by atoms with Crippen molar-refractivity contribution in [3.63, 3.8) is 0 Å². The van der Waals surface area contributed by atoms with E-state index >= 15 is 0 Å². The Labute approximate surface area is 110 Å². The zero-order chi connectivity index (χ0) is 13.4. The van der Waals surface area contributed by atoms with Gasteiger partial charge in [-0.3, -0.25) is 0 Å². The number of hydrogen-bond donors (Lipinski definition) is 1. The van der Waals surface area contributed by atoms with E-state index in [0.717, 1.165) is 17.7 Å². The molecule has 0 amide bonds. The van der Waals surface area contributed by atoms with E-state index < -0.39 is 0 Å². The van der Waals surface area contributed by atoms with Gasteiger partial charge in [0.1, 0.15) is 0 Å². The van der Waals surface area contributed by atoms with Crippen LogP contribution in [0, 0.1) is 12.8 Å². The lowest BCUT2D eigenvalue weighted by atomic mass is 10.0. The zero-order valence-electron chi connectivity index (χ0n) is 11.8. The van der Waals surface area contributed by atoms with Crippen LogP contribution in [0.3, 0.4) is 0 Å². The van der Waals surface area contributed by atoms with Crippen molar-refractivity contribution in [3.05, 3.63) is 17.5 Å². The average Bonchev–Trinajstić information content (AvgIpc) is 2.39. The summed E-state index contributed by atoms with van der Waals surface area (Å²) in [5, 5.41) is 0. The Morgan fingerprint density at radius 3 is 2.72 bits per heavy atom. The fourth-order valence-electron chi connectivity index (χ4n) is 1.83. The number of aromatic nitrogens is 2. The maximum Gasteiger partial charge on any atom is 0.316 e. The van der Waals surface area contributed by atoms with Crippen molar-refractivity contribution in [1.82, 2.24) is 9.97 Å². The average molecular weight is 251 g/mol. The highest BCUT2D eigenvalue weighted by Crippen LogP contribution is 2.15. The molecule has 1 rings (SSSR count). The number of hydrogen-bond acceptors (Lipinski definition) is 4. The number of nitrogens with zero attached hydrogens (tertiary/aromatic N) is 2. The van der Waals surface area contributed by atoms with E-state index in [1.807, 2.05) is 6.92 Å². The normalized spacial score (nSPS) is 12.4. The van der Waals surface area contributed by atoms with Gasteiger partial charge in [-0.05, 0) is 19.3 Å². The lowest BCUT2D eigenvalue weighted by Gasteiger charge is -2.14. The largest absolute Gasteiger partial charge is 0.463 e. The first-order valence-corrected chi connectivity index (χ1v) is 6.86. The van der Waals surface area contributed by atoms with E-state index in [4.69, 9.17) is 10.5 Å². The second-order valence-electron chi connectivity index (χ2n) is 4.69. The molecule has 0 radical (unpaired) electrons. The fourth-order valence-corrected chi connectivity index (χ4v) is 1.83. The molecule has 0 aliphatic rings. The second kappa shape index (κ2) is 8.03. The minimum atomic E-state index is 0.472. The molecule has 18 heavy (non-hydrogen) atoms. The standard InChI is InChI=1S/C14H25N3O/c1-4-6-7-12(5-2)10-18-14-16-9-13(8-15)11(3)17-14/h9,12H,4-8,10,15H2,1-3H3. The van der Waals surface area contributed by atoms with E-state index in [1.165, 1.54) is 19.3 Å². The van der Waals surface area contributed by atoms with Crippen LogP contribution in [-0.2, 0) is 6.54 Å².